The molecule has 0 bridgehead atoms. The van der Waals surface area contributed by atoms with Crippen LogP contribution >= 0.6 is 22.7 Å². The van der Waals surface area contributed by atoms with Crippen LogP contribution in [0.5, 0.6) is 0 Å². The maximum absolute atomic E-state index is 11.7. The lowest BCUT2D eigenvalue weighted by atomic mass is 10.3. The topological polar surface area (TPSA) is 46.9 Å². The predicted octanol–water partition coefficient (Wildman–Crippen LogP) is 3.50. The zero-order chi connectivity index (χ0) is 15.2. The Hall–Kier alpha value is -2.18. The summed E-state index contributed by atoms with van der Waals surface area (Å²) in [5.41, 5.74) is 0.971. The van der Waals surface area contributed by atoms with Crippen molar-refractivity contribution in [3.8, 4) is 10.6 Å². The largest absolute Gasteiger partial charge is 0.351 e. The molecule has 0 saturated heterocycles. The molecular formula is C16H15N3OS2. The molecule has 0 radical (unpaired) electrons. The van der Waals surface area contributed by atoms with Gasteiger partial charge in [-0.15, -0.1) is 22.7 Å². The number of carbonyl (C=O) groups excluding carboxylic acids is 1. The van der Waals surface area contributed by atoms with Crippen LogP contribution in [0, 0.1) is 0 Å². The van der Waals surface area contributed by atoms with Gasteiger partial charge in [0, 0.05) is 23.7 Å². The van der Waals surface area contributed by atoms with Crippen molar-refractivity contribution < 1.29 is 4.79 Å². The molecule has 0 aromatic carbocycles. The highest BCUT2D eigenvalue weighted by Gasteiger charge is 2.03. The minimum atomic E-state index is -0.0842. The van der Waals surface area contributed by atoms with Crippen LogP contribution in [0.3, 0.4) is 0 Å². The van der Waals surface area contributed by atoms with Crippen LogP contribution in [0.2, 0.25) is 0 Å². The monoisotopic (exact) mass is 329 g/mol. The van der Waals surface area contributed by atoms with E-state index in [1.54, 1.807) is 28.7 Å². The lowest BCUT2D eigenvalue weighted by molar-refractivity contribution is -0.116. The van der Waals surface area contributed by atoms with Crippen molar-refractivity contribution in [3.05, 3.63) is 58.2 Å². The van der Waals surface area contributed by atoms with E-state index in [1.165, 1.54) is 0 Å². The fourth-order valence-electron chi connectivity index (χ4n) is 1.94. The van der Waals surface area contributed by atoms with Crippen molar-refractivity contribution in [2.24, 2.45) is 0 Å². The molecule has 3 aromatic heterocycles. The molecule has 3 aromatic rings. The Morgan fingerprint density at radius 1 is 1.23 bits per heavy atom. The molecule has 3 heterocycles. The molecule has 0 aliphatic heterocycles. The van der Waals surface area contributed by atoms with Crippen LogP contribution in [0.1, 0.15) is 4.88 Å². The van der Waals surface area contributed by atoms with Crippen molar-refractivity contribution in [1.82, 2.24) is 15.1 Å². The fourth-order valence-corrected chi connectivity index (χ4v) is 3.25. The Balaban J connectivity index is 1.46. The first-order chi connectivity index (χ1) is 10.8. The highest BCUT2D eigenvalue weighted by Crippen LogP contribution is 2.22. The van der Waals surface area contributed by atoms with Crippen LogP contribution in [0.25, 0.3) is 16.6 Å². The Kier molecular flexibility index (Phi) is 4.82. The summed E-state index contributed by atoms with van der Waals surface area (Å²) in [5.74, 6) is -0.0842. The standard InChI is InChI=1S/C16H15N3OS2/c20-16(6-5-13-3-1-11-21-13)17-8-10-19-9-7-14(18-19)15-4-2-12-22-15/h1-7,9,11-12H,8,10H2,(H,17,20). The zero-order valence-electron chi connectivity index (χ0n) is 11.8. The van der Waals surface area contributed by atoms with E-state index in [9.17, 15) is 4.79 Å². The molecule has 0 saturated carbocycles. The zero-order valence-corrected chi connectivity index (χ0v) is 13.4. The van der Waals surface area contributed by atoms with Crippen LogP contribution in [0.15, 0.2) is 53.4 Å². The van der Waals surface area contributed by atoms with Gasteiger partial charge in [-0.05, 0) is 35.0 Å². The molecule has 1 N–H and O–H groups in total. The summed E-state index contributed by atoms with van der Waals surface area (Å²) in [5, 5.41) is 11.4. The van der Waals surface area contributed by atoms with Gasteiger partial charge in [-0.2, -0.15) is 5.10 Å². The third kappa shape index (κ3) is 3.93. The first-order valence-corrected chi connectivity index (χ1v) is 8.64. The van der Waals surface area contributed by atoms with Crippen LogP contribution < -0.4 is 5.32 Å². The lowest BCUT2D eigenvalue weighted by Crippen LogP contribution is -2.25. The number of hydrogen-bond acceptors (Lipinski definition) is 4. The predicted molar refractivity (Wildman–Crippen MR) is 91.9 cm³/mol. The highest BCUT2D eigenvalue weighted by molar-refractivity contribution is 7.13. The van der Waals surface area contributed by atoms with Crippen molar-refractivity contribution in [3.63, 3.8) is 0 Å². The van der Waals surface area contributed by atoms with E-state index in [0.717, 1.165) is 15.4 Å². The van der Waals surface area contributed by atoms with Crippen molar-refractivity contribution in [1.29, 1.82) is 0 Å². The van der Waals surface area contributed by atoms with E-state index in [0.29, 0.717) is 13.1 Å². The molecule has 1 amide bonds. The van der Waals surface area contributed by atoms with Gasteiger partial charge >= 0.3 is 0 Å². The van der Waals surface area contributed by atoms with E-state index in [4.69, 9.17) is 0 Å². The average molecular weight is 329 g/mol. The first kappa shape index (κ1) is 14.7. The van der Waals surface area contributed by atoms with Gasteiger partial charge in [-0.3, -0.25) is 9.48 Å². The third-order valence-electron chi connectivity index (χ3n) is 3.00. The number of thiophene rings is 2. The number of nitrogens with one attached hydrogen (secondary N) is 1. The van der Waals surface area contributed by atoms with E-state index in [1.807, 2.05) is 52.0 Å². The summed E-state index contributed by atoms with van der Waals surface area (Å²) in [6.45, 7) is 1.21. The molecule has 112 valence electrons. The fraction of sp³-hybridized carbons (Fsp3) is 0.125. The minimum Gasteiger partial charge on any atom is -0.351 e. The second-order valence-corrected chi connectivity index (χ2v) is 6.51. The normalized spacial score (nSPS) is 11.1. The maximum atomic E-state index is 11.7. The summed E-state index contributed by atoms with van der Waals surface area (Å²) >= 11 is 3.28. The van der Waals surface area contributed by atoms with E-state index in [-0.39, 0.29) is 5.91 Å². The molecule has 0 unspecified atom stereocenters. The number of aromatic nitrogens is 2. The highest BCUT2D eigenvalue weighted by atomic mass is 32.1. The summed E-state index contributed by atoms with van der Waals surface area (Å²) < 4.78 is 1.85. The van der Waals surface area contributed by atoms with Gasteiger partial charge in [0.1, 0.15) is 5.69 Å². The molecule has 0 atom stereocenters. The average Bonchev–Trinajstić information content (AvgIpc) is 3.26. The van der Waals surface area contributed by atoms with Gasteiger partial charge in [0.15, 0.2) is 0 Å². The van der Waals surface area contributed by atoms with Crippen molar-refractivity contribution >= 4 is 34.7 Å². The van der Waals surface area contributed by atoms with Crippen molar-refractivity contribution in [2.75, 3.05) is 6.54 Å². The summed E-state index contributed by atoms with van der Waals surface area (Å²) in [6.07, 6.45) is 5.32. The quantitative estimate of drug-likeness (QED) is 0.704. The molecule has 22 heavy (non-hydrogen) atoms. The maximum Gasteiger partial charge on any atom is 0.244 e. The van der Waals surface area contributed by atoms with Crippen LogP contribution in [0.4, 0.5) is 0 Å². The molecular weight excluding hydrogens is 314 g/mol. The summed E-state index contributed by atoms with van der Waals surface area (Å²) in [4.78, 5) is 13.9. The molecule has 4 nitrogen and oxygen atoms in total. The van der Waals surface area contributed by atoms with Gasteiger partial charge in [0.2, 0.25) is 5.91 Å². The first-order valence-electron chi connectivity index (χ1n) is 6.88. The Bertz CT molecular complexity index is 742. The van der Waals surface area contributed by atoms with Crippen LogP contribution in [-0.4, -0.2) is 22.2 Å². The number of nitrogens with zero attached hydrogens (tertiary/aromatic N) is 2. The number of carbonyl (C=O) groups is 1. The Labute approximate surface area is 136 Å². The summed E-state index contributed by atoms with van der Waals surface area (Å²) in [6, 6.07) is 9.99. The van der Waals surface area contributed by atoms with Crippen molar-refractivity contribution in [2.45, 2.75) is 6.54 Å². The number of amides is 1. The Morgan fingerprint density at radius 3 is 2.86 bits per heavy atom. The van der Waals surface area contributed by atoms with Gasteiger partial charge in [0.05, 0.1) is 11.4 Å². The lowest BCUT2D eigenvalue weighted by Gasteiger charge is -2.02. The smallest absolute Gasteiger partial charge is 0.244 e. The van der Waals surface area contributed by atoms with Crippen LogP contribution in [-0.2, 0) is 11.3 Å². The summed E-state index contributed by atoms with van der Waals surface area (Å²) in [7, 11) is 0. The minimum absolute atomic E-state index is 0.0842. The number of rotatable bonds is 6. The Morgan fingerprint density at radius 2 is 2.09 bits per heavy atom. The molecule has 0 spiro atoms. The number of hydrogen-bond donors (Lipinski definition) is 1. The van der Waals surface area contributed by atoms with Gasteiger partial charge in [-0.25, -0.2) is 0 Å². The second-order valence-electron chi connectivity index (χ2n) is 4.58. The molecule has 3 rings (SSSR count). The van der Waals surface area contributed by atoms with E-state index in [2.05, 4.69) is 16.5 Å². The molecule has 0 fully saturated rings. The molecule has 0 aliphatic carbocycles. The third-order valence-corrected chi connectivity index (χ3v) is 4.73. The molecule has 6 heteroatoms. The van der Waals surface area contributed by atoms with Gasteiger partial charge < -0.3 is 5.32 Å². The van der Waals surface area contributed by atoms with E-state index >= 15 is 0 Å². The van der Waals surface area contributed by atoms with Gasteiger partial charge in [0.25, 0.3) is 0 Å². The van der Waals surface area contributed by atoms with E-state index < -0.39 is 0 Å². The van der Waals surface area contributed by atoms with Gasteiger partial charge in [-0.1, -0.05) is 12.1 Å². The molecule has 0 aliphatic rings. The SMILES string of the molecule is O=C(C=Cc1cccs1)NCCn1ccc(-c2cccs2)n1. The second kappa shape index (κ2) is 7.20.